The number of H-pyrrole nitrogens is 1. The molecule has 2 rings (SSSR count). The maximum atomic E-state index is 11.3. The summed E-state index contributed by atoms with van der Waals surface area (Å²) in [6.45, 7) is 0. The van der Waals surface area contributed by atoms with Gasteiger partial charge in [0.05, 0.1) is 0 Å². The highest BCUT2D eigenvalue weighted by Crippen LogP contribution is 2.34. The van der Waals surface area contributed by atoms with Crippen LogP contribution >= 0.6 is 0 Å². The molecule has 0 atom stereocenters. The van der Waals surface area contributed by atoms with Crippen LogP contribution < -0.4 is 5.56 Å². The van der Waals surface area contributed by atoms with Crippen molar-refractivity contribution in [1.29, 1.82) is 0 Å². The molecule has 1 aromatic heterocycles. The summed E-state index contributed by atoms with van der Waals surface area (Å²) in [6, 6.07) is 0. The van der Waals surface area contributed by atoms with Crippen LogP contribution in [0.2, 0.25) is 0 Å². The van der Waals surface area contributed by atoms with E-state index in [0.717, 1.165) is 5.56 Å². The van der Waals surface area contributed by atoms with Crippen LogP contribution in [0.4, 0.5) is 0 Å². The van der Waals surface area contributed by atoms with Gasteiger partial charge in [-0.25, -0.2) is 0 Å². The topological polar surface area (TPSA) is 37.8 Å². The Morgan fingerprint density at radius 2 is 2.36 bits per heavy atom. The highest BCUT2D eigenvalue weighted by molar-refractivity contribution is 5.13. The Balaban J connectivity index is 2.37. The van der Waals surface area contributed by atoms with Gasteiger partial charge in [-0.15, -0.1) is 0 Å². The van der Waals surface area contributed by atoms with Crippen molar-refractivity contribution in [2.45, 2.75) is 25.2 Å². The molecule has 0 bridgehead atoms. The lowest BCUT2D eigenvalue weighted by Crippen LogP contribution is -2.20. The fourth-order valence-corrected chi connectivity index (χ4v) is 1.49. The minimum atomic E-state index is 0.148. The fourth-order valence-electron chi connectivity index (χ4n) is 1.49. The Labute approximate surface area is 65.0 Å². The van der Waals surface area contributed by atoms with E-state index in [1.165, 1.54) is 23.9 Å². The van der Waals surface area contributed by atoms with Crippen molar-refractivity contribution < 1.29 is 0 Å². The third-order valence-corrected chi connectivity index (χ3v) is 2.51. The number of aryl methyl sites for hydroxylation is 1. The molecule has 3 nitrogen and oxygen atoms in total. The number of nitrogens with zero attached hydrogens (tertiary/aromatic N) is 1. The van der Waals surface area contributed by atoms with Crippen molar-refractivity contribution in [2.24, 2.45) is 7.05 Å². The summed E-state index contributed by atoms with van der Waals surface area (Å²) in [5, 5.41) is 2.89. The normalized spacial score (nSPS) is 18.3. The van der Waals surface area contributed by atoms with Gasteiger partial charge in [-0.05, 0) is 18.8 Å². The van der Waals surface area contributed by atoms with E-state index in [9.17, 15) is 4.79 Å². The van der Waals surface area contributed by atoms with E-state index in [-0.39, 0.29) is 5.56 Å². The van der Waals surface area contributed by atoms with Crippen LogP contribution in [-0.2, 0) is 7.05 Å². The molecule has 0 saturated heterocycles. The number of hydrogen-bond acceptors (Lipinski definition) is 1. The zero-order valence-electron chi connectivity index (χ0n) is 6.63. The van der Waals surface area contributed by atoms with Crippen LogP contribution in [0.1, 0.15) is 30.7 Å². The minimum absolute atomic E-state index is 0.148. The summed E-state index contributed by atoms with van der Waals surface area (Å²) in [7, 11) is 1.75. The molecule has 1 aliphatic carbocycles. The second-order valence-electron chi connectivity index (χ2n) is 3.22. The molecule has 1 fully saturated rings. The van der Waals surface area contributed by atoms with Gasteiger partial charge < -0.3 is 5.10 Å². The standard InChI is InChI=1S/C8H12N2O/c1-10-8(11)7(5-9-10)6-3-2-4-6/h5-6,9H,2-4H2,1H3. The first-order valence-electron chi connectivity index (χ1n) is 4.03. The Morgan fingerprint density at radius 1 is 1.64 bits per heavy atom. The van der Waals surface area contributed by atoms with E-state index in [2.05, 4.69) is 5.10 Å². The molecule has 0 aromatic carbocycles. The summed E-state index contributed by atoms with van der Waals surface area (Å²) in [6.07, 6.45) is 5.49. The predicted molar refractivity (Wildman–Crippen MR) is 42.6 cm³/mol. The average Bonchev–Trinajstić information content (AvgIpc) is 2.15. The molecule has 11 heavy (non-hydrogen) atoms. The monoisotopic (exact) mass is 152 g/mol. The van der Waals surface area contributed by atoms with Gasteiger partial charge in [0, 0.05) is 18.8 Å². The summed E-state index contributed by atoms with van der Waals surface area (Å²) in [5.41, 5.74) is 1.12. The molecule has 1 aromatic rings. The van der Waals surface area contributed by atoms with Crippen LogP contribution in [0.3, 0.4) is 0 Å². The number of aromatic nitrogens is 2. The van der Waals surface area contributed by atoms with Gasteiger partial charge in [0.25, 0.3) is 5.56 Å². The van der Waals surface area contributed by atoms with Crippen LogP contribution in [-0.4, -0.2) is 9.78 Å². The number of hydrogen-bond donors (Lipinski definition) is 1. The average molecular weight is 152 g/mol. The number of rotatable bonds is 1. The van der Waals surface area contributed by atoms with E-state index in [4.69, 9.17) is 0 Å². The number of nitrogens with one attached hydrogen (secondary N) is 1. The van der Waals surface area contributed by atoms with Gasteiger partial charge in [-0.1, -0.05) is 6.42 Å². The van der Waals surface area contributed by atoms with E-state index >= 15 is 0 Å². The summed E-state index contributed by atoms with van der Waals surface area (Å²) in [4.78, 5) is 11.3. The quantitative estimate of drug-likeness (QED) is 0.640. The van der Waals surface area contributed by atoms with Crippen molar-refractivity contribution in [3.8, 4) is 0 Å². The molecular formula is C8H12N2O. The van der Waals surface area contributed by atoms with Crippen LogP contribution in [0.25, 0.3) is 0 Å². The lowest BCUT2D eigenvalue weighted by atomic mass is 9.81. The van der Waals surface area contributed by atoms with Crippen LogP contribution in [0.5, 0.6) is 0 Å². The molecule has 0 amide bonds. The minimum Gasteiger partial charge on any atom is -0.303 e. The van der Waals surface area contributed by atoms with E-state index in [0.29, 0.717) is 5.92 Å². The Hall–Kier alpha value is -0.990. The van der Waals surface area contributed by atoms with E-state index in [1.807, 2.05) is 6.20 Å². The molecular weight excluding hydrogens is 140 g/mol. The Bertz CT molecular complexity index is 306. The SMILES string of the molecule is Cn1[nH]cc(C2CCC2)c1=O. The second-order valence-corrected chi connectivity index (χ2v) is 3.22. The molecule has 0 radical (unpaired) electrons. The predicted octanol–water partition coefficient (Wildman–Crippen LogP) is 0.981. The highest BCUT2D eigenvalue weighted by atomic mass is 16.1. The van der Waals surface area contributed by atoms with Crippen molar-refractivity contribution in [3.05, 3.63) is 22.1 Å². The number of aromatic amines is 1. The maximum Gasteiger partial charge on any atom is 0.269 e. The van der Waals surface area contributed by atoms with E-state index in [1.54, 1.807) is 7.05 Å². The molecule has 0 spiro atoms. The first-order chi connectivity index (χ1) is 5.29. The zero-order chi connectivity index (χ0) is 7.84. The Kier molecular flexibility index (Phi) is 1.37. The van der Waals surface area contributed by atoms with Gasteiger partial charge >= 0.3 is 0 Å². The molecule has 0 aliphatic heterocycles. The third kappa shape index (κ3) is 0.914. The largest absolute Gasteiger partial charge is 0.303 e. The molecule has 1 heterocycles. The van der Waals surface area contributed by atoms with Gasteiger partial charge in [0.2, 0.25) is 0 Å². The van der Waals surface area contributed by atoms with Crippen LogP contribution in [0, 0.1) is 0 Å². The van der Waals surface area contributed by atoms with E-state index < -0.39 is 0 Å². The van der Waals surface area contributed by atoms with Gasteiger partial charge in [-0.3, -0.25) is 9.48 Å². The maximum absolute atomic E-state index is 11.3. The van der Waals surface area contributed by atoms with Gasteiger partial charge in [-0.2, -0.15) is 0 Å². The summed E-state index contributed by atoms with van der Waals surface area (Å²) < 4.78 is 1.54. The third-order valence-electron chi connectivity index (χ3n) is 2.51. The molecule has 1 saturated carbocycles. The molecule has 60 valence electrons. The first-order valence-corrected chi connectivity index (χ1v) is 4.03. The van der Waals surface area contributed by atoms with Crippen LogP contribution in [0.15, 0.2) is 11.0 Å². The van der Waals surface area contributed by atoms with Crippen molar-refractivity contribution in [1.82, 2.24) is 9.78 Å². The summed E-state index contributed by atoms with van der Waals surface area (Å²) >= 11 is 0. The Morgan fingerprint density at radius 3 is 2.73 bits per heavy atom. The lowest BCUT2D eigenvalue weighted by molar-refractivity contribution is 0.417. The lowest BCUT2D eigenvalue weighted by Gasteiger charge is -2.22. The van der Waals surface area contributed by atoms with Crippen molar-refractivity contribution in [2.75, 3.05) is 0 Å². The molecule has 1 N–H and O–H groups in total. The molecule has 1 aliphatic rings. The van der Waals surface area contributed by atoms with Crippen molar-refractivity contribution >= 4 is 0 Å². The fraction of sp³-hybridized carbons (Fsp3) is 0.625. The highest BCUT2D eigenvalue weighted by Gasteiger charge is 2.23. The zero-order valence-corrected chi connectivity index (χ0v) is 6.63. The second kappa shape index (κ2) is 2.26. The smallest absolute Gasteiger partial charge is 0.269 e. The molecule has 0 unspecified atom stereocenters. The first kappa shape index (κ1) is 6.70. The van der Waals surface area contributed by atoms with Crippen molar-refractivity contribution in [3.63, 3.8) is 0 Å². The van der Waals surface area contributed by atoms with Gasteiger partial charge in [0.15, 0.2) is 0 Å². The molecule has 3 heteroatoms. The summed E-state index contributed by atoms with van der Waals surface area (Å²) in [5.74, 6) is 0.542. The van der Waals surface area contributed by atoms with Gasteiger partial charge in [0.1, 0.15) is 0 Å².